The van der Waals surface area contributed by atoms with E-state index in [0.717, 1.165) is 25.3 Å². The number of halogens is 1. The Bertz CT molecular complexity index is 1030. The van der Waals surface area contributed by atoms with Crippen LogP contribution in [0.4, 0.5) is 0 Å². The van der Waals surface area contributed by atoms with Gasteiger partial charge in [0, 0.05) is 19.1 Å². The van der Waals surface area contributed by atoms with E-state index in [-0.39, 0.29) is 27.0 Å². The summed E-state index contributed by atoms with van der Waals surface area (Å²) >= 11 is 6.08. The van der Waals surface area contributed by atoms with E-state index in [1.54, 1.807) is 0 Å². The molecule has 2 aliphatic heterocycles. The predicted octanol–water partition coefficient (Wildman–Crippen LogP) is 0.975. The van der Waals surface area contributed by atoms with Gasteiger partial charge in [-0.2, -0.15) is 4.31 Å². The molecule has 30 heavy (non-hydrogen) atoms. The lowest BCUT2D eigenvalue weighted by Gasteiger charge is -2.26. The zero-order valence-corrected chi connectivity index (χ0v) is 18.6. The highest BCUT2D eigenvalue weighted by Crippen LogP contribution is 2.28. The SMILES string of the molecule is O=C(COC(=O)c1ccc(Cl)c(S(=O)(=O)N2CCCCC2)c1)N[C@@H]1CCS(=O)(=O)C1. The maximum Gasteiger partial charge on any atom is 0.338 e. The zero-order valence-electron chi connectivity index (χ0n) is 16.2. The molecule has 0 spiro atoms. The van der Waals surface area contributed by atoms with Crippen molar-refractivity contribution in [3.8, 4) is 0 Å². The van der Waals surface area contributed by atoms with E-state index in [4.69, 9.17) is 16.3 Å². The van der Waals surface area contributed by atoms with Crippen molar-refractivity contribution in [2.75, 3.05) is 31.2 Å². The number of hydrogen-bond acceptors (Lipinski definition) is 7. The monoisotopic (exact) mass is 478 g/mol. The van der Waals surface area contributed by atoms with Gasteiger partial charge in [-0.25, -0.2) is 21.6 Å². The van der Waals surface area contributed by atoms with Crippen molar-refractivity contribution in [1.29, 1.82) is 0 Å². The van der Waals surface area contributed by atoms with Gasteiger partial charge >= 0.3 is 5.97 Å². The Balaban J connectivity index is 1.64. The van der Waals surface area contributed by atoms with Gasteiger partial charge in [0.1, 0.15) is 4.90 Å². The zero-order chi connectivity index (χ0) is 21.9. The average Bonchev–Trinajstić information content (AvgIpc) is 3.05. The topological polar surface area (TPSA) is 127 Å². The Morgan fingerprint density at radius 2 is 1.90 bits per heavy atom. The summed E-state index contributed by atoms with van der Waals surface area (Å²) in [5.41, 5.74) is -0.0498. The highest BCUT2D eigenvalue weighted by Gasteiger charge is 2.30. The fraction of sp³-hybridized carbons (Fsp3) is 0.556. The molecule has 0 bridgehead atoms. The minimum absolute atomic E-state index is 0.00249. The number of nitrogens with zero attached hydrogens (tertiary/aromatic N) is 1. The molecule has 0 saturated carbocycles. The second kappa shape index (κ2) is 9.21. The smallest absolute Gasteiger partial charge is 0.338 e. The maximum absolute atomic E-state index is 12.9. The molecule has 0 aliphatic carbocycles. The summed E-state index contributed by atoms with van der Waals surface area (Å²) in [7, 11) is -6.99. The average molecular weight is 479 g/mol. The molecule has 1 N–H and O–H groups in total. The van der Waals surface area contributed by atoms with Gasteiger partial charge in [0.15, 0.2) is 16.4 Å². The normalized spacial score (nSPS) is 21.8. The molecule has 0 radical (unpaired) electrons. The van der Waals surface area contributed by atoms with Crippen LogP contribution >= 0.6 is 11.6 Å². The second-order valence-corrected chi connectivity index (χ2v) is 11.9. The maximum atomic E-state index is 12.9. The number of ether oxygens (including phenoxy) is 1. The molecule has 2 aliphatic rings. The van der Waals surface area contributed by atoms with Crippen LogP contribution in [0.25, 0.3) is 0 Å². The van der Waals surface area contributed by atoms with Crippen molar-refractivity contribution in [2.45, 2.75) is 36.6 Å². The summed E-state index contributed by atoms with van der Waals surface area (Å²) in [5, 5.41) is 2.51. The van der Waals surface area contributed by atoms with Crippen LogP contribution in [-0.4, -0.2) is 70.3 Å². The lowest BCUT2D eigenvalue weighted by atomic mass is 10.2. The van der Waals surface area contributed by atoms with E-state index in [9.17, 15) is 26.4 Å². The first-order valence-corrected chi connectivity index (χ1v) is 13.2. The minimum atomic E-state index is -3.85. The van der Waals surface area contributed by atoms with Gasteiger partial charge < -0.3 is 10.1 Å². The first kappa shape index (κ1) is 23.0. The number of amides is 1. The molecule has 1 aromatic rings. The summed E-state index contributed by atoms with van der Waals surface area (Å²) < 4.78 is 54.9. The van der Waals surface area contributed by atoms with Gasteiger partial charge in [-0.1, -0.05) is 18.0 Å². The molecule has 0 unspecified atom stereocenters. The molecule has 2 saturated heterocycles. The van der Waals surface area contributed by atoms with Gasteiger partial charge in [-0.05, 0) is 37.5 Å². The van der Waals surface area contributed by atoms with Crippen molar-refractivity contribution < 1.29 is 31.2 Å². The number of hydrogen-bond donors (Lipinski definition) is 1. The van der Waals surface area contributed by atoms with Gasteiger partial charge in [-0.3, -0.25) is 4.79 Å². The van der Waals surface area contributed by atoms with Gasteiger partial charge in [0.25, 0.3) is 5.91 Å². The fourth-order valence-electron chi connectivity index (χ4n) is 3.46. The van der Waals surface area contributed by atoms with Crippen molar-refractivity contribution in [1.82, 2.24) is 9.62 Å². The van der Waals surface area contributed by atoms with Gasteiger partial charge in [0.05, 0.1) is 22.1 Å². The molecular weight excluding hydrogens is 456 g/mol. The fourth-order valence-corrected chi connectivity index (χ4v) is 7.16. The lowest BCUT2D eigenvalue weighted by Crippen LogP contribution is -2.38. The number of piperidine rings is 1. The molecular formula is C18H23ClN2O7S2. The molecule has 1 atom stereocenters. The molecule has 2 heterocycles. The third-order valence-electron chi connectivity index (χ3n) is 5.03. The number of esters is 1. The molecule has 166 valence electrons. The predicted molar refractivity (Wildman–Crippen MR) is 110 cm³/mol. The molecule has 0 aromatic heterocycles. The first-order valence-electron chi connectivity index (χ1n) is 9.55. The van der Waals surface area contributed by atoms with Crippen molar-refractivity contribution in [3.05, 3.63) is 28.8 Å². The van der Waals surface area contributed by atoms with Crippen molar-refractivity contribution >= 4 is 43.3 Å². The van der Waals surface area contributed by atoms with Gasteiger partial charge in [-0.15, -0.1) is 0 Å². The Morgan fingerprint density at radius 1 is 1.20 bits per heavy atom. The second-order valence-electron chi connectivity index (χ2n) is 7.35. The summed E-state index contributed by atoms with van der Waals surface area (Å²) in [6.07, 6.45) is 2.80. The minimum Gasteiger partial charge on any atom is -0.452 e. The third-order valence-corrected chi connectivity index (χ3v) is 9.18. The number of carbonyl (C=O) groups is 2. The molecule has 2 fully saturated rings. The molecule has 12 heteroatoms. The van der Waals surface area contributed by atoms with E-state index in [1.165, 1.54) is 16.4 Å². The lowest BCUT2D eigenvalue weighted by molar-refractivity contribution is -0.124. The summed E-state index contributed by atoms with van der Waals surface area (Å²) in [4.78, 5) is 24.1. The number of sulfonamides is 1. The van der Waals surface area contributed by atoms with Crippen molar-refractivity contribution in [3.63, 3.8) is 0 Å². The van der Waals surface area contributed by atoms with E-state index >= 15 is 0 Å². The molecule has 9 nitrogen and oxygen atoms in total. The molecule has 1 aromatic carbocycles. The van der Waals surface area contributed by atoms with Gasteiger partial charge in [0.2, 0.25) is 10.0 Å². The number of sulfone groups is 1. The van der Waals surface area contributed by atoms with Crippen LogP contribution in [0.2, 0.25) is 5.02 Å². The van der Waals surface area contributed by atoms with Crippen LogP contribution in [0.3, 0.4) is 0 Å². The number of rotatable bonds is 6. The van der Waals surface area contributed by atoms with Crippen LogP contribution in [-0.2, 0) is 29.4 Å². The Morgan fingerprint density at radius 3 is 2.53 bits per heavy atom. The van der Waals surface area contributed by atoms with E-state index in [2.05, 4.69) is 5.32 Å². The summed E-state index contributed by atoms with van der Waals surface area (Å²) in [6, 6.07) is 3.27. The number of carbonyl (C=O) groups excluding carboxylic acids is 2. The van der Waals surface area contributed by atoms with Crippen LogP contribution in [0, 0.1) is 0 Å². The highest BCUT2D eigenvalue weighted by molar-refractivity contribution is 7.91. The van der Waals surface area contributed by atoms with Crippen LogP contribution in [0.15, 0.2) is 23.1 Å². The number of benzene rings is 1. The van der Waals surface area contributed by atoms with Crippen LogP contribution < -0.4 is 5.32 Å². The largest absolute Gasteiger partial charge is 0.452 e. The van der Waals surface area contributed by atoms with Crippen molar-refractivity contribution in [2.24, 2.45) is 0 Å². The quantitative estimate of drug-likeness (QED) is 0.603. The van der Waals surface area contributed by atoms with E-state index in [1.807, 2.05) is 0 Å². The van der Waals surface area contributed by atoms with Crippen LogP contribution in [0.1, 0.15) is 36.0 Å². The first-order chi connectivity index (χ1) is 14.1. The standard InChI is InChI=1S/C18H23ClN2O7S2/c19-15-5-4-13(10-16(15)30(26,27)21-7-2-1-3-8-21)18(23)28-11-17(22)20-14-6-9-29(24,25)12-14/h4-5,10,14H,1-3,6-9,11-12H2,(H,20,22)/t14-/m1/s1. The third kappa shape index (κ3) is 5.51. The molecule has 1 amide bonds. The summed E-state index contributed by atoms with van der Waals surface area (Å²) in [6.45, 7) is 0.182. The highest BCUT2D eigenvalue weighted by atomic mass is 35.5. The van der Waals surface area contributed by atoms with E-state index in [0.29, 0.717) is 19.5 Å². The van der Waals surface area contributed by atoms with Crippen LogP contribution in [0.5, 0.6) is 0 Å². The Labute approximate surface area is 180 Å². The molecule has 3 rings (SSSR count). The van der Waals surface area contributed by atoms with E-state index < -0.39 is 44.4 Å². The Hall–Kier alpha value is -1.69. The summed E-state index contributed by atoms with van der Waals surface area (Å²) in [5.74, 6) is -1.63. The Kier molecular flexibility index (Phi) is 7.05. The number of nitrogens with one attached hydrogen (secondary N) is 1.